The van der Waals surface area contributed by atoms with Gasteiger partial charge in [0, 0.05) is 25.4 Å². The van der Waals surface area contributed by atoms with Gasteiger partial charge in [0.05, 0.1) is 17.1 Å². The molecule has 33 heavy (non-hydrogen) atoms. The van der Waals surface area contributed by atoms with Crippen molar-refractivity contribution >= 4 is 32.8 Å². The summed E-state index contributed by atoms with van der Waals surface area (Å²) in [5.41, 5.74) is 4.75. The highest BCUT2D eigenvalue weighted by molar-refractivity contribution is 9.10. The van der Waals surface area contributed by atoms with Crippen LogP contribution < -0.4 is 4.74 Å². The molecule has 1 aromatic heterocycles. The molecule has 0 N–H and O–H groups in total. The standard InChI is InChI=1S/C28H28BrNO3/c1-4-5-9-26-27(22-8-6-7-10-24(22)33-26)28(31)30(2)18-19-11-13-20(14-12-19)21-15-16-25(32-3)23(29)17-21/h6-8,10-17H,4-5,9,18H2,1-3H3. The van der Waals surface area contributed by atoms with Gasteiger partial charge >= 0.3 is 0 Å². The third-order valence-corrected chi connectivity index (χ3v) is 6.46. The van der Waals surface area contributed by atoms with Gasteiger partial charge in [-0.2, -0.15) is 0 Å². The molecule has 0 bridgehead atoms. The van der Waals surface area contributed by atoms with Crippen molar-refractivity contribution in [3.8, 4) is 16.9 Å². The van der Waals surface area contributed by atoms with E-state index < -0.39 is 0 Å². The Morgan fingerprint density at radius 3 is 2.45 bits per heavy atom. The summed E-state index contributed by atoms with van der Waals surface area (Å²) < 4.78 is 12.3. The predicted octanol–water partition coefficient (Wildman–Crippen LogP) is 7.49. The highest BCUT2D eigenvalue weighted by Crippen LogP contribution is 2.31. The van der Waals surface area contributed by atoms with Gasteiger partial charge in [0.25, 0.3) is 5.91 Å². The molecule has 0 saturated carbocycles. The number of hydrogen-bond acceptors (Lipinski definition) is 3. The van der Waals surface area contributed by atoms with E-state index in [1.807, 2.05) is 49.5 Å². The zero-order valence-corrected chi connectivity index (χ0v) is 20.8. The van der Waals surface area contributed by atoms with Crippen molar-refractivity contribution in [2.24, 2.45) is 0 Å². The van der Waals surface area contributed by atoms with Crippen LogP contribution in [0.1, 0.15) is 41.4 Å². The van der Waals surface area contributed by atoms with Crippen molar-refractivity contribution in [2.45, 2.75) is 32.7 Å². The third-order valence-electron chi connectivity index (χ3n) is 5.85. The molecule has 4 nitrogen and oxygen atoms in total. The fraction of sp³-hybridized carbons (Fsp3) is 0.250. The predicted molar refractivity (Wildman–Crippen MR) is 137 cm³/mol. The lowest BCUT2D eigenvalue weighted by atomic mass is 10.0. The Bertz CT molecular complexity index is 1260. The number of carbonyl (C=O) groups is 1. The van der Waals surface area contributed by atoms with Crippen molar-refractivity contribution in [3.05, 3.63) is 88.1 Å². The van der Waals surface area contributed by atoms with Crippen LogP contribution >= 0.6 is 15.9 Å². The molecule has 0 unspecified atom stereocenters. The summed E-state index contributed by atoms with van der Waals surface area (Å²) in [4.78, 5) is 15.2. The smallest absolute Gasteiger partial charge is 0.258 e. The van der Waals surface area contributed by atoms with Crippen LogP contribution in [0.2, 0.25) is 0 Å². The van der Waals surface area contributed by atoms with Crippen LogP contribution in [0.3, 0.4) is 0 Å². The number of ether oxygens (including phenoxy) is 1. The average Bonchev–Trinajstić information content (AvgIpc) is 3.21. The van der Waals surface area contributed by atoms with E-state index in [9.17, 15) is 4.79 Å². The maximum Gasteiger partial charge on any atom is 0.258 e. The van der Waals surface area contributed by atoms with Gasteiger partial charge in [-0.05, 0) is 57.2 Å². The number of benzene rings is 3. The molecule has 0 fully saturated rings. The maximum atomic E-state index is 13.4. The van der Waals surface area contributed by atoms with E-state index >= 15 is 0 Å². The molecule has 170 valence electrons. The maximum absolute atomic E-state index is 13.4. The molecule has 0 saturated heterocycles. The highest BCUT2D eigenvalue weighted by atomic mass is 79.9. The van der Waals surface area contributed by atoms with E-state index in [-0.39, 0.29) is 5.91 Å². The number of aryl methyl sites for hydroxylation is 1. The van der Waals surface area contributed by atoms with Gasteiger partial charge in [-0.15, -0.1) is 0 Å². The van der Waals surface area contributed by atoms with Gasteiger partial charge in [-0.25, -0.2) is 0 Å². The van der Waals surface area contributed by atoms with E-state index in [1.165, 1.54) is 0 Å². The molecule has 1 amide bonds. The zero-order chi connectivity index (χ0) is 23.4. The van der Waals surface area contributed by atoms with Gasteiger partial charge < -0.3 is 14.1 Å². The molecule has 4 aromatic rings. The number of furan rings is 1. The summed E-state index contributed by atoms with van der Waals surface area (Å²) in [5, 5.41) is 0.890. The first kappa shape index (κ1) is 23.1. The number of amides is 1. The summed E-state index contributed by atoms with van der Waals surface area (Å²) in [6.45, 7) is 2.67. The molecule has 1 heterocycles. The lowest BCUT2D eigenvalue weighted by Gasteiger charge is -2.18. The number of nitrogens with zero attached hydrogens (tertiary/aromatic N) is 1. The van der Waals surface area contributed by atoms with Crippen molar-refractivity contribution in [2.75, 3.05) is 14.2 Å². The monoisotopic (exact) mass is 505 g/mol. The number of unbranched alkanes of at least 4 members (excludes halogenated alkanes) is 1. The van der Waals surface area contributed by atoms with Crippen LogP contribution in [0, 0.1) is 0 Å². The number of halogens is 1. The molecule has 0 radical (unpaired) electrons. The second-order valence-electron chi connectivity index (χ2n) is 8.21. The molecule has 0 aliphatic heterocycles. The van der Waals surface area contributed by atoms with Crippen LogP contribution in [0.25, 0.3) is 22.1 Å². The Morgan fingerprint density at radius 1 is 1.03 bits per heavy atom. The normalized spacial score (nSPS) is 11.0. The Labute approximate surface area is 203 Å². The van der Waals surface area contributed by atoms with Crippen LogP contribution in [-0.4, -0.2) is 25.0 Å². The van der Waals surface area contributed by atoms with Crippen LogP contribution in [0.5, 0.6) is 5.75 Å². The molecule has 5 heteroatoms. The van der Waals surface area contributed by atoms with Crippen LogP contribution in [0.4, 0.5) is 0 Å². The Hall–Kier alpha value is -3.05. The van der Waals surface area contributed by atoms with Crippen LogP contribution in [0.15, 0.2) is 75.6 Å². The van der Waals surface area contributed by atoms with E-state index in [4.69, 9.17) is 9.15 Å². The van der Waals surface area contributed by atoms with Crippen molar-refractivity contribution in [1.29, 1.82) is 0 Å². The van der Waals surface area contributed by atoms with Gasteiger partial charge in [0.1, 0.15) is 17.1 Å². The number of fused-ring (bicyclic) bond motifs is 1. The largest absolute Gasteiger partial charge is 0.496 e. The number of para-hydroxylation sites is 1. The summed E-state index contributed by atoms with van der Waals surface area (Å²) in [6, 6.07) is 22.1. The number of carbonyl (C=O) groups excluding carboxylic acids is 1. The fourth-order valence-electron chi connectivity index (χ4n) is 4.03. The Morgan fingerprint density at radius 2 is 1.76 bits per heavy atom. The second-order valence-corrected chi connectivity index (χ2v) is 9.06. The SMILES string of the molecule is CCCCc1oc2ccccc2c1C(=O)N(C)Cc1ccc(-c2ccc(OC)c(Br)c2)cc1. The van der Waals surface area contributed by atoms with Crippen molar-refractivity contribution in [3.63, 3.8) is 0 Å². The number of methoxy groups -OCH3 is 1. The minimum Gasteiger partial charge on any atom is -0.496 e. The fourth-order valence-corrected chi connectivity index (χ4v) is 4.57. The summed E-state index contributed by atoms with van der Waals surface area (Å²) in [5.74, 6) is 1.59. The minimum absolute atomic E-state index is 0.00536. The van der Waals surface area contributed by atoms with Gasteiger partial charge in [0.15, 0.2) is 0 Å². The topological polar surface area (TPSA) is 42.7 Å². The van der Waals surface area contributed by atoms with E-state index in [0.29, 0.717) is 12.1 Å². The molecule has 3 aromatic carbocycles. The highest BCUT2D eigenvalue weighted by Gasteiger charge is 2.23. The molecule has 4 rings (SSSR count). The molecular weight excluding hydrogens is 478 g/mol. The second kappa shape index (κ2) is 10.3. The Balaban J connectivity index is 1.53. The first-order valence-electron chi connectivity index (χ1n) is 11.2. The summed E-state index contributed by atoms with van der Waals surface area (Å²) in [7, 11) is 3.51. The number of hydrogen-bond donors (Lipinski definition) is 0. The third kappa shape index (κ3) is 4.98. The average molecular weight is 506 g/mol. The minimum atomic E-state index is -0.00536. The van der Waals surface area contributed by atoms with E-state index in [2.05, 4.69) is 47.1 Å². The van der Waals surface area contributed by atoms with E-state index in [0.717, 1.165) is 62.9 Å². The summed E-state index contributed by atoms with van der Waals surface area (Å²) in [6.07, 6.45) is 2.82. The first-order chi connectivity index (χ1) is 16.0. The zero-order valence-electron chi connectivity index (χ0n) is 19.2. The molecule has 0 aliphatic rings. The van der Waals surface area contributed by atoms with E-state index in [1.54, 1.807) is 12.0 Å². The van der Waals surface area contributed by atoms with Gasteiger partial charge in [-0.1, -0.05) is 61.9 Å². The molecule has 0 atom stereocenters. The molecule has 0 aliphatic carbocycles. The lowest BCUT2D eigenvalue weighted by molar-refractivity contribution is 0.0784. The van der Waals surface area contributed by atoms with Crippen molar-refractivity contribution < 1.29 is 13.9 Å². The van der Waals surface area contributed by atoms with Gasteiger partial charge in [0.2, 0.25) is 0 Å². The molecular formula is C28H28BrNO3. The lowest BCUT2D eigenvalue weighted by Crippen LogP contribution is -2.26. The van der Waals surface area contributed by atoms with Crippen LogP contribution in [-0.2, 0) is 13.0 Å². The Kier molecular flexibility index (Phi) is 7.19. The molecule has 0 spiro atoms. The first-order valence-corrected chi connectivity index (χ1v) is 12.0. The van der Waals surface area contributed by atoms with Gasteiger partial charge in [-0.3, -0.25) is 4.79 Å². The quantitative estimate of drug-likeness (QED) is 0.249. The number of rotatable bonds is 8. The van der Waals surface area contributed by atoms with Crippen molar-refractivity contribution in [1.82, 2.24) is 4.90 Å². The summed E-state index contributed by atoms with van der Waals surface area (Å²) >= 11 is 3.55.